The first-order valence-electron chi connectivity index (χ1n) is 5.51. The topological polar surface area (TPSA) is 49.3 Å². The van der Waals surface area contributed by atoms with Gasteiger partial charge in [-0.25, -0.2) is 4.39 Å². The molecule has 94 valence electrons. The first-order valence-corrected chi connectivity index (χ1v) is 5.51. The summed E-state index contributed by atoms with van der Waals surface area (Å²) in [4.78, 5) is 11.8. The van der Waals surface area contributed by atoms with E-state index in [1.54, 1.807) is 0 Å². The third-order valence-corrected chi connectivity index (χ3v) is 2.85. The molecule has 3 nitrogen and oxygen atoms in total. The van der Waals surface area contributed by atoms with E-state index >= 15 is 0 Å². The molecule has 0 aromatic heterocycles. The van der Waals surface area contributed by atoms with Crippen molar-refractivity contribution in [1.29, 1.82) is 0 Å². The molecule has 1 rings (SSSR count). The van der Waals surface area contributed by atoms with Crippen LogP contribution in [0.2, 0.25) is 0 Å². The molecule has 1 aromatic carbocycles. The van der Waals surface area contributed by atoms with Crippen LogP contribution < -0.4 is 5.32 Å². The average Bonchev–Trinajstić information content (AvgIpc) is 2.20. The summed E-state index contributed by atoms with van der Waals surface area (Å²) in [6, 6.07) is 3.23. The Kier molecular flexibility index (Phi) is 3.76. The molecule has 1 atom stereocenters. The van der Waals surface area contributed by atoms with Crippen LogP contribution in [-0.4, -0.2) is 17.1 Å². The van der Waals surface area contributed by atoms with Crippen molar-refractivity contribution < 1.29 is 14.3 Å². The van der Waals surface area contributed by atoms with Crippen molar-refractivity contribution in [2.75, 3.05) is 0 Å². The SMILES string of the molecule is CC(NC(=O)c1cc(F)ccc1O)C(C)(C)C. The van der Waals surface area contributed by atoms with Gasteiger partial charge in [0, 0.05) is 6.04 Å². The van der Waals surface area contributed by atoms with Crippen LogP contribution >= 0.6 is 0 Å². The molecule has 0 heterocycles. The second-order valence-electron chi connectivity index (χ2n) is 5.22. The summed E-state index contributed by atoms with van der Waals surface area (Å²) in [6.07, 6.45) is 0. The van der Waals surface area contributed by atoms with Crippen LogP contribution in [0.5, 0.6) is 5.75 Å². The molecule has 0 saturated carbocycles. The number of hydrogen-bond donors (Lipinski definition) is 2. The van der Waals surface area contributed by atoms with E-state index < -0.39 is 11.7 Å². The lowest BCUT2D eigenvalue weighted by atomic mass is 9.88. The monoisotopic (exact) mass is 239 g/mol. The molecule has 4 heteroatoms. The fourth-order valence-corrected chi connectivity index (χ4v) is 1.18. The zero-order valence-electron chi connectivity index (χ0n) is 10.5. The third kappa shape index (κ3) is 3.44. The highest BCUT2D eigenvalue weighted by atomic mass is 19.1. The number of hydrogen-bond acceptors (Lipinski definition) is 2. The fourth-order valence-electron chi connectivity index (χ4n) is 1.18. The Morgan fingerprint density at radius 2 is 2.00 bits per heavy atom. The number of rotatable bonds is 2. The molecule has 0 bridgehead atoms. The Morgan fingerprint density at radius 1 is 1.41 bits per heavy atom. The lowest BCUT2D eigenvalue weighted by molar-refractivity contribution is 0.0907. The Bertz CT molecular complexity index is 424. The van der Waals surface area contributed by atoms with Gasteiger partial charge < -0.3 is 10.4 Å². The van der Waals surface area contributed by atoms with E-state index in [2.05, 4.69) is 5.32 Å². The highest BCUT2D eigenvalue weighted by Crippen LogP contribution is 2.21. The number of aromatic hydroxyl groups is 1. The molecule has 0 radical (unpaired) electrons. The van der Waals surface area contributed by atoms with Crippen LogP contribution in [0.3, 0.4) is 0 Å². The predicted molar refractivity (Wildman–Crippen MR) is 64.4 cm³/mol. The zero-order chi connectivity index (χ0) is 13.2. The Balaban J connectivity index is 2.87. The number of halogens is 1. The summed E-state index contributed by atoms with van der Waals surface area (Å²) in [6.45, 7) is 7.84. The minimum atomic E-state index is -0.545. The molecule has 0 fully saturated rings. The first kappa shape index (κ1) is 13.5. The Hall–Kier alpha value is -1.58. The normalized spacial score (nSPS) is 13.2. The van der Waals surface area contributed by atoms with Crippen LogP contribution in [0.15, 0.2) is 18.2 Å². The fraction of sp³-hybridized carbons (Fsp3) is 0.462. The number of phenolic OH excluding ortho intramolecular Hbond substituents is 1. The maximum absolute atomic E-state index is 13.0. The maximum Gasteiger partial charge on any atom is 0.255 e. The van der Waals surface area contributed by atoms with E-state index in [4.69, 9.17) is 0 Å². The molecular weight excluding hydrogens is 221 g/mol. The van der Waals surface area contributed by atoms with Crippen molar-refractivity contribution in [1.82, 2.24) is 5.32 Å². The van der Waals surface area contributed by atoms with E-state index in [0.29, 0.717) is 0 Å². The highest BCUT2D eigenvalue weighted by Gasteiger charge is 2.23. The van der Waals surface area contributed by atoms with Crippen LogP contribution in [-0.2, 0) is 0 Å². The van der Waals surface area contributed by atoms with Crippen molar-refractivity contribution >= 4 is 5.91 Å². The minimum absolute atomic E-state index is 0.0406. The smallest absolute Gasteiger partial charge is 0.255 e. The van der Waals surface area contributed by atoms with Crippen LogP contribution in [0, 0.1) is 11.2 Å². The molecule has 0 aliphatic carbocycles. The van der Waals surface area contributed by atoms with E-state index in [0.717, 1.165) is 12.1 Å². The lowest BCUT2D eigenvalue weighted by Crippen LogP contribution is -2.41. The van der Waals surface area contributed by atoms with Crippen molar-refractivity contribution in [3.8, 4) is 5.75 Å². The number of benzene rings is 1. The molecule has 17 heavy (non-hydrogen) atoms. The lowest BCUT2D eigenvalue weighted by Gasteiger charge is -2.28. The molecule has 1 unspecified atom stereocenters. The third-order valence-electron chi connectivity index (χ3n) is 2.85. The van der Waals surface area contributed by atoms with Gasteiger partial charge >= 0.3 is 0 Å². The van der Waals surface area contributed by atoms with Gasteiger partial charge in [-0.2, -0.15) is 0 Å². The largest absolute Gasteiger partial charge is 0.507 e. The maximum atomic E-state index is 13.0. The van der Waals surface area contributed by atoms with E-state index in [1.807, 2.05) is 27.7 Å². The van der Waals surface area contributed by atoms with E-state index in [9.17, 15) is 14.3 Å². The van der Waals surface area contributed by atoms with Gasteiger partial charge in [-0.15, -0.1) is 0 Å². The van der Waals surface area contributed by atoms with Crippen molar-refractivity contribution in [3.63, 3.8) is 0 Å². The van der Waals surface area contributed by atoms with Crippen LogP contribution in [0.4, 0.5) is 4.39 Å². The second kappa shape index (κ2) is 4.73. The average molecular weight is 239 g/mol. The summed E-state index contributed by atoms with van der Waals surface area (Å²) in [5, 5.41) is 12.2. The van der Waals surface area contributed by atoms with Crippen molar-refractivity contribution in [3.05, 3.63) is 29.6 Å². The van der Waals surface area contributed by atoms with Gasteiger partial charge in [0.15, 0.2) is 0 Å². The summed E-state index contributed by atoms with van der Waals surface area (Å²) in [7, 11) is 0. The molecule has 0 aliphatic rings. The number of amides is 1. The standard InChI is InChI=1S/C13H18FNO2/c1-8(13(2,3)4)15-12(17)10-7-9(14)5-6-11(10)16/h5-8,16H,1-4H3,(H,15,17). The molecule has 0 aliphatic heterocycles. The Labute approximate surface area is 101 Å². The quantitative estimate of drug-likeness (QED) is 0.833. The summed E-state index contributed by atoms with van der Waals surface area (Å²) >= 11 is 0. The van der Waals surface area contributed by atoms with Gasteiger partial charge in [0.1, 0.15) is 11.6 Å². The molecule has 0 saturated heterocycles. The van der Waals surface area contributed by atoms with Gasteiger partial charge in [-0.1, -0.05) is 20.8 Å². The predicted octanol–water partition coefficient (Wildman–Crippen LogP) is 2.70. The summed E-state index contributed by atoms with van der Waals surface area (Å²) in [5.41, 5.74) is -0.139. The molecule has 1 amide bonds. The number of nitrogens with one attached hydrogen (secondary N) is 1. The zero-order valence-corrected chi connectivity index (χ0v) is 10.5. The van der Waals surface area contributed by atoms with Gasteiger partial charge in [0.2, 0.25) is 0 Å². The highest BCUT2D eigenvalue weighted by molar-refractivity contribution is 5.97. The molecule has 1 aromatic rings. The van der Waals surface area contributed by atoms with Crippen molar-refractivity contribution in [2.24, 2.45) is 5.41 Å². The summed E-state index contributed by atoms with van der Waals surface area (Å²) in [5.74, 6) is -1.23. The number of phenols is 1. The molecular formula is C13H18FNO2. The molecule has 0 spiro atoms. The van der Waals surface area contributed by atoms with E-state index in [-0.39, 0.29) is 22.8 Å². The van der Waals surface area contributed by atoms with Crippen LogP contribution in [0.25, 0.3) is 0 Å². The number of carbonyl (C=O) groups is 1. The van der Waals surface area contributed by atoms with Gasteiger partial charge in [0.25, 0.3) is 5.91 Å². The second-order valence-corrected chi connectivity index (χ2v) is 5.22. The van der Waals surface area contributed by atoms with Gasteiger partial charge in [-0.05, 0) is 30.5 Å². The van der Waals surface area contributed by atoms with Crippen LogP contribution in [0.1, 0.15) is 38.1 Å². The van der Waals surface area contributed by atoms with E-state index in [1.165, 1.54) is 6.07 Å². The molecule has 2 N–H and O–H groups in total. The van der Waals surface area contributed by atoms with Crippen molar-refractivity contribution in [2.45, 2.75) is 33.7 Å². The van der Waals surface area contributed by atoms with Gasteiger partial charge in [0.05, 0.1) is 5.56 Å². The number of carbonyl (C=O) groups excluding carboxylic acids is 1. The Morgan fingerprint density at radius 3 is 2.53 bits per heavy atom. The minimum Gasteiger partial charge on any atom is -0.507 e. The van der Waals surface area contributed by atoms with Gasteiger partial charge in [-0.3, -0.25) is 4.79 Å². The first-order chi connectivity index (χ1) is 7.71. The summed E-state index contributed by atoms with van der Waals surface area (Å²) < 4.78 is 13.0.